The first-order valence-electron chi connectivity index (χ1n) is 7.31. The quantitative estimate of drug-likeness (QED) is 0.728. The smallest absolute Gasteiger partial charge is 0.340 e. The first kappa shape index (κ1) is 17.6. The van der Waals surface area contributed by atoms with Gasteiger partial charge in [-0.2, -0.15) is 0 Å². The highest BCUT2D eigenvalue weighted by atomic mass is 79.9. The van der Waals surface area contributed by atoms with Gasteiger partial charge in [0.2, 0.25) is 0 Å². The van der Waals surface area contributed by atoms with Gasteiger partial charge in [0.05, 0.1) is 25.0 Å². The predicted molar refractivity (Wildman–Crippen MR) is 87.2 cm³/mol. The second-order valence-corrected chi connectivity index (χ2v) is 6.15. The summed E-state index contributed by atoms with van der Waals surface area (Å²) in [5, 5.41) is 0. The first-order chi connectivity index (χ1) is 10.9. The lowest BCUT2D eigenvalue weighted by atomic mass is 9.98. The third-order valence-electron chi connectivity index (χ3n) is 3.85. The van der Waals surface area contributed by atoms with Crippen LogP contribution in [-0.4, -0.2) is 30.2 Å². The van der Waals surface area contributed by atoms with Gasteiger partial charge in [-0.05, 0) is 12.5 Å². The molecule has 7 heteroatoms. The van der Waals surface area contributed by atoms with Crippen LogP contribution in [0.25, 0.3) is 0 Å². The van der Waals surface area contributed by atoms with E-state index >= 15 is 0 Å². The summed E-state index contributed by atoms with van der Waals surface area (Å²) in [5.74, 6) is -0.0106. The maximum atomic E-state index is 12.4. The van der Waals surface area contributed by atoms with Crippen LogP contribution in [0.5, 0.6) is 0 Å². The molecule has 1 aromatic heterocycles. The van der Waals surface area contributed by atoms with Crippen LogP contribution < -0.4 is 0 Å². The summed E-state index contributed by atoms with van der Waals surface area (Å²) in [7, 11) is 3.47. The number of fused-ring (bicyclic) bond motifs is 1. The Kier molecular flexibility index (Phi) is 5.51. The average Bonchev–Trinajstić information content (AvgIpc) is 2.76. The molecule has 1 aromatic rings. The van der Waals surface area contributed by atoms with Crippen molar-refractivity contribution in [3.05, 3.63) is 32.8 Å². The standard InChI is InChI=1S/C16H20BrNO5/c1-5-22-16(20)15-10-6-14(21-4)11(17)7-12(10)18(3)13(15)8-23-9(2)19/h5-8H2,1-4H3. The van der Waals surface area contributed by atoms with Crippen LogP contribution in [0.1, 0.15) is 41.2 Å². The van der Waals surface area contributed by atoms with Gasteiger partial charge in [0.1, 0.15) is 12.4 Å². The molecule has 0 radical (unpaired) electrons. The minimum atomic E-state index is -0.403. The Labute approximate surface area is 143 Å². The Morgan fingerprint density at radius 3 is 2.52 bits per heavy atom. The molecule has 0 aromatic carbocycles. The van der Waals surface area contributed by atoms with Crippen LogP contribution in [0.2, 0.25) is 0 Å². The number of hydrogen-bond donors (Lipinski definition) is 0. The van der Waals surface area contributed by atoms with E-state index in [0.717, 1.165) is 21.5 Å². The fourth-order valence-electron chi connectivity index (χ4n) is 2.74. The summed E-state index contributed by atoms with van der Waals surface area (Å²) in [6.45, 7) is 3.42. The molecule has 0 atom stereocenters. The van der Waals surface area contributed by atoms with Crippen molar-refractivity contribution < 1.29 is 23.8 Å². The summed E-state index contributed by atoms with van der Waals surface area (Å²) < 4.78 is 18.5. The van der Waals surface area contributed by atoms with E-state index in [-0.39, 0.29) is 13.2 Å². The third kappa shape index (κ3) is 3.44. The number of carbonyl (C=O) groups is 2. The van der Waals surface area contributed by atoms with Gasteiger partial charge in [0.25, 0.3) is 0 Å². The zero-order valence-electron chi connectivity index (χ0n) is 13.7. The molecular weight excluding hydrogens is 366 g/mol. The van der Waals surface area contributed by atoms with Crippen molar-refractivity contribution >= 4 is 27.9 Å². The summed E-state index contributed by atoms with van der Waals surface area (Å²) in [5.41, 5.74) is 2.97. The topological polar surface area (TPSA) is 66.8 Å². The van der Waals surface area contributed by atoms with Crippen molar-refractivity contribution in [1.29, 1.82) is 0 Å². The molecule has 0 unspecified atom stereocenters. The van der Waals surface area contributed by atoms with E-state index < -0.39 is 11.9 Å². The van der Waals surface area contributed by atoms with Crippen molar-refractivity contribution in [1.82, 2.24) is 4.57 Å². The van der Waals surface area contributed by atoms with Gasteiger partial charge in [-0.15, -0.1) is 0 Å². The van der Waals surface area contributed by atoms with E-state index in [9.17, 15) is 9.59 Å². The maximum Gasteiger partial charge on any atom is 0.340 e. The Hall–Kier alpha value is -1.76. The SMILES string of the molecule is CCOC(=O)c1c2c(n(C)c1COC(C)=O)CC(Br)=C(OC)C2. The molecule has 0 fully saturated rings. The third-order valence-corrected chi connectivity index (χ3v) is 4.57. The number of allylic oxidation sites excluding steroid dienone is 2. The molecule has 0 amide bonds. The normalized spacial score (nSPS) is 13.6. The molecule has 0 N–H and O–H groups in total. The van der Waals surface area contributed by atoms with E-state index in [1.165, 1.54) is 6.92 Å². The zero-order chi connectivity index (χ0) is 17.1. The molecular formula is C16H20BrNO5. The number of carbonyl (C=O) groups excluding carboxylic acids is 2. The Morgan fingerprint density at radius 2 is 1.96 bits per heavy atom. The minimum Gasteiger partial charge on any atom is -0.500 e. The maximum absolute atomic E-state index is 12.4. The number of rotatable bonds is 5. The molecule has 2 rings (SSSR count). The highest BCUT2D eigenvalue weighted by molar-refractivity contribution is 9.11. The number of esters is 2. The lowest BCUT2D eigenvalue weighted by Gasteiger charge is -2.18. The van der Waals surface area contributed by atoms with Crippen molar-refractivity contribution in [3.63, 3.8) is 0 Å². The van der Waals surface area contributed by atoms with Crippen LogP contribution in [-0.2, 0) is 45.5 Å². The molecule has 23 heavy (non-hydrogen) atoms. The molecule has 1 aliphatic rings. The van der Waals surface area contributed by atoms with Crippen molar-refractivity contribution in [3.8, 4) is 0 Å². The molecule has 0 aliphatic heterocycles. The van der Waals surface area contributed by atoms with Crippen molar-refractivity contribution in [2.24, 2.45) is 7.05 Å². The largest absolute Gasteiger partial charge is 0.500 e. The number of hydrogen-bond acceptors (Lipinski definition) is 5. The Bertz CT molecular complexity index is 675. The molecule has 0 spiro atoms. The van der Waals surface area contributed by atoms with Gasteiger partial charge in [-0.3, -0.25) is 4.79 Å². The Morgan fingerprint density at radius 1 is 1.26 bits per heavy atom. The molecule has 0 saturated heterocycles. The van der Waals surface area contributed by atoms with E-state index in [4.69, 9.17) is 14.2 Å². The zero-order valence-corrected chi connectivity index (χ0v) is 15.3. The summed E-state index contributed by atoms with van der Waals surface area (Å²) in [4.78, 5) is 23.6. The molecule has 0 saturated carbocycles. The van der Waals surface area contributed by atoms with E-state index in [0.29, 0.717) is 24.1 Å². The summed E-state index contributed by atoms with van der Waals surface area (Å²) in [6.07, 6.45) is 1.11. The fraction of sp³-hybridized carbons (Fsp3) is 0.500. The highest BCUT2D eigenvalue weighted by Gasteiger charge is 2.31. The van der Waals surface area contributed by atoms with Gasteiger partial charge in [-0.1, -0.05) is 15.9 Å². The van der Waals surface area contributed by atoms with E-state index in [1.54, 1.807) is 14.0 Å². The van der Waals surface area contributed by atoms with E-state index in [1.807, 2.05) is 11.6 Å². The number of ether oxygens (including phenoxy) is 3. The number of methoxy groups -OCH3 is 1. The lowest BCUT2D eigenvalue weighted by molar-refractivity contribution is -0.142. The van der Waals surface area contributed by atoms with Gasteiger partial charge < -0.3 is 18.8 Å². The number of aromatic nitrogens is 1. The van der Waals surface area contributed by atoms with Crippen molar-refractivity contribution in [2.75, 3.05) is 13.7 Å². The predicted octanol–water partition coefficient (Wildman–Crippen LogP) is 2.62. The minimum absolute atomic E-state index is 0.0346. The fourth-order valence-corrected chi connectivity index (χ4v) is 3.30. The lowest BCUT2D eigenvalue weighted by Crippen LogP contribution is -2.13. The molecule has 6 nitrogen and oxygen atoms in total. The van der Waals surface area contributed by atoms with Gasteiger partial charge in [0, 0.05) is 37.0 Å². The number of halogens is 1. The van der Waals surface area contributed by atoms with Crippen molar-refractivity contribution in [2.45, 2.75) is 33.3 Å². The summed E-state index contributed by atoms with van der Waals surface area (Å²) in [6, 6.07) is 0. The van der Waals surface area contributed by atoms with Crippen LogP contribution in [0.4, 0.5) is 0 Å². The van der Waals surface area contributed by atoms with Crippen LogP contribution in [0.15, 0.2) is 10.2 Å². The second-order valence-electron chi connectivity index (χ2n) is 5.19. The monoisotopic (exact) mass is 385 g/mol. The molecule has 126 valence electrons. The summed E-state index contributed by atoms with van der Waals surface area (Å²) >= 11 is 3.52. The van der Waals surface area contributed by atoms with Crippen LogP contribution in [0.3, 0.4) is 0 Å². The molecule has 1 aliphatic carbocycles. The number of nitrogens with zero attached hydrogens (tertiary/aromatic N) is 1. The second kappa shape index (κ2) is 7.21. The first-order valence-corrected chi connectivity index (χ1v) is 8.11. The highest BCUT2D eigenvalue weighted by Crippen LogP contribution is 2.35. The van der Waals surface area contributed by atoms with Gasteiger partial charge >= 0.3 is 11.9 Å². The Balaban J connectivity index is 2.51. The van der Waals surface area contributed by atoms with E-state index in [2.05, 4.69) is 15.9 Å². The average molecular weight is 386 g/mol. The van der Waals surface area contributed by atoms with Gasteiger partial charge in [0.15, 0.2) is 0 Å². The van der Waals surface area contributed by atoms with Gasteiger partial charge in [-0.25, -0.2) is 4.79 Å². The van der Waals surface area contributed by atoms with Crippen LogP contribution >= 0.6 is 15.9 Å². The molecule has 1 heterocycles. The molecule has 0 bridgehead atoms. The van der Waals surface area contributed by atoms with Crippen LogP contribution in [0, 0.1) is 0 Å².